The molecule has 1 heterocycles. The van der Waals surface area contributed by atoms with Crippen LogP contribution < -0.4 is 11.1 Å². The van der Waals surface area contributed by atoms with Gasteiger partial charge in [0.05, 0.1) is 11.7 Å². The highest BCUT2D eigenvalue weighted by Crippen LogP contribution is 2.30. The smallest absolute Gasteiger partial charge is 0.364 e. The van der Waals surface area contributed by atoms with Crippen LogP contribution in [0.1, 0.15) is 18.4 Å². The van der Waals surface area contributed by atoms with Crippen LogP contribution in [0.3, 0.4) is 0 Å². The van der Waals surface area contributed by atoms with E-state index in [2.05, 4.69) is 5.32 Å². The van der Waals surface area contributed by atoms with E-state index in [1.165, 1.54) is 12.1 Å². The van der Waals surface area contributed by atoms with Crippen LogP contribution in [0.4, 0.5) is 18.9 Å². The molecule has 1 aliphatic heterocycles. The van der Waals surface area contributed by atoms with Gasteiger partial charge in [-0.1, -0.05) is 0 Å². The van der Waals surface area contributed by atoms with Gasteiger partial charge in [-0.25, -0.2) is 0 Å². The summed E-state index contributed by atoms with van der Waals surface area (Å²) in [6.45, 7) is 0.351. The molecule has 110 valence electrons. The Hall–Kier alpha value is -1.60. The second-order valence-electron chi connectivity index (χ2n) is 4.62. The molecule has 2 atom stereocenters. The molecule has 2 rings (SSSR count). The van der Waals surface area contributed by atoms with E-state index in [0.717, 1.165) is 12.1 Å². The monoisotopic (exact) mass is 288 g/mol. The summed E-state index contributed by atoms with van der Waals surface area (Å²) in [4.78, 5) is 11.9. The summed E-state index contributed by atoms with van der Waals surface area (Å²) >= 11 is 0. The van der Waals surface area contributed by atoms with Gasteiger partial charge in [0.1, 0.15) is 6.10 Å². The molecule has 1 amide bonds. The van der Waals surface area contributed by atoms with Crippen molar-refractivity contribution in [1.82, 2.24) is 0 Å². The highest BCUT2D eigenvalue weighted by atomic mass is 19.4. The second-order valence-corrected chi connectivity index (χ2v) is 4.62. The molecule has 0 spiro atoms. The number of benzene rings is 1. The van der Waals surface area contributed by atoms with Crippen molar-refractivity contribution in [2.24, 2.45) is 5.73 Å². The SMILES string of the molecule is NCC1CCC(C(=O)Nc2ccc(C(F)(F)F)cc2)O1. The van der Waals surface area contributed by atoms with Gasteiger partial charge in [0.25, 0.3) is 5.91 Å². The Bertz CT molecular complexity index is 473. The maximum atomic E-state index is 12.4. The zero-order valence-electron chi connectivity index (χ0n) is 10.6. The maximum Gasteiger partial charge on any atom is 0.416 e. The fourth-order valence-corrected chi connectivity index (χ4v) is 2.04. The molecule has 1 fully saturated rings. The number of rotatable bonds is 3. The number of nitrogens with one attached hydrogen (secondary N) is 1. The molecule has 0 bridgehead atoms. The minimum absolute atomic E-state index is 0.127. The van der Waals surface area contributed by atoms with Crippen LogP contribution in [0.25, 0.3) is 0 Å². The number of ether oxygens (including phenoxy) is 1. The molecule has 4 nitrogen and oxygen atoms in total. The van der Waals surface area contributed by atoms with E-state index < -0.39 is 17.8 Å². The third-order valence-electron chi connectivity index (χ3n) is 3.14. The number of amides is 1. The van der Waals surface area contributed by atoms with Gasteiger partial charge in [0.15, 0.2) is 0 Å². The van der Waals surface area contributed by atoms with Crippen molar-refractivity contribution in [3.05, 3.63) is 29.8 Å². The van der Waals surface area contributed by atoms with Crippen molar-refractivity contribution in [2.45, 2.75) is 31.2 Å². The number of anilines is 1. The first kappa shape index (κ1) is 14.8. The molecule has 0 aliphatic carbocycles. The summed E-state index contributed by atoms with van der Waals surface area (Å²) in [5.74, 6) is -0.360. The number of halogens is 3. The number of alkyl halides is 3. The lowest BCUT2D eigenvalue weighted by molar-refractivity contribution is -0.137. The molecule has 1 aliphatic rings. The number of nitrogens with two attached hydrogens (primary N) is 1. The second kappa shape index (κ2) is 5.80. The lowest BCUT2D eigenvalue weighted by Crippen LogP contribution is -2.29. The van der Waals surface area contributed by atoms with Crippen molar-refractivity contribution in [3.8, 4) is 0 Å². The Morgan fingerprint density at radius 2 is 1.95 bits per heavy atom. The standard InChI is InChI=1S/C13H15F3N2O2/c14-13(15,16)8-1-3-9(4-2-8)18-12(19)11-6-5-10(7-17)20-11/h1-4,10-11H,5-7,17H2,(H,18,19). The van der Waals surface area contributed by atoms with E-state index in [1.807, 2.05) is 0 Å². The first-order chi connectivity index (χ1) is 9.40. The zero-order valence-corrected chi connectivity index (χ0v) is 10.6. The Labute approximate surface area is 114 Å². The third-order valence-corrected chi connectivity index (χ3v) is 3.14. The lowest BCUT2D eigenvalue weighted by Gasteiger charge is -2.13. The van der Waals surface area contributed by atoms with Gasteiger partial charge in [-0.15, -0.1) is 0 Å². The van der Waals surface area contributed by atoms with E-state index in [4.69, 9.17) is 10.5 Å². The molecule has 7 heteroatoms. The van der Waals surface area contributed by atoms with Crippen LogP contribution in [0.5, 0.6) is 0 Å². The summed E-state index contributed by atoms with van der Waals surface area (Å²) in [5, 5.41) is 2.54. The molecule has 2 unspecified atom stereocenters. The van der Waals surface area contributed by atoms with Crippen LogP contribution in [-0.2, 0) is 15.7 Å². The summed E-state index contributed by atoms with van der Waals surface area (Å²) in [5.41, 5.74) is 5.00. The molecule has 1 aromatic carbocycles. The van der Waals surface area contributed by atoms with E-state index in [-0.39, 0.29) is 12.0 Å². The quantitative estimate of drug-likeness (QED) is 0.895. The van der Waals surface area contributed by atoms with Gasteiger partial charge < -0.3 is 15.8 Å². The molecular weight excluding hydrogens is 273 g/mol. The van der Waals surface area contributed by atoms with Crippen LogP contribution in [0.15, 0.2) is 24.3 Å². The largest absolute Gasteiger partial charge is 0.416 e. The third kappa shape index (κ3) is 3.49. The van der Waals surface area contributed by atoms with E-state index in [9.17, 15) is 18.0 Å². The lowest BCUT2D eigenvalue weighted by atomic mass is 10.1. The van der Waals surface area contributed by atoms with Gasteiger partial charge in [0.2, 0.25) is 0 Å². The highest BCUT2D eigenvalue weighted by Gasteiger charge is 2.31. The van der Waals surface area contributed by atoms with Gasteiger partial charge >= 0.3 is 6.18 Å². The van der Waals surface area contributed by atoms with Gasteiger partial charge in [-0.3, -0.25) is 4.79 Å². The molecule has 0 aromatic heterocycles. The van der Waals surface area contributed by atoms with Gasteiger partial charge in [-0.2, -0.15) is 13.2 Å². The average Bonchev–Trinajstić information content (AvgIpc) is 2.87. The topological polar surface area (TPSA) is 64.4 Å². The Morgan fingerprint density at radius 1 is 1.30 bits per heavy atom. The van der Waals surface area contributed by atoms with Crippen molar-refractivity contribution in [2.75, 3.05) is 11.9 Å². The number of carbonyl (C=O) groups excluding carboxylic acids is 1. The van der Waals surface area contributed by atoms with Crippen LogP contribution in [-0.4, -0.2) is 24.7 Å². The van der Waals surface area contributed by atoms with E-state index in [1.54, 1.807) is 0 Å². The first-order valence-electron chi connectivity index (χ1n) is 6.24. The summed E-state index contributed by atoms with van der Waals surface area (Å²) in [6, 6.07) is 4.29. The Balaban J connectivity index is 1.95. The average molecular weight is 288 g/mol. The van der Waals surface area contributed by atoms with E-state index >= 15 is 0 Å². The maximum absolute atomic E-state index is 12.4. The molecule has 0 saturated carbocycles. The summed E-state index contributed by atoms with van der Waals surface area (Å²) in [7, 11) is 0. The number of hydrogen-bond acceptors (Lipinski definition) is 3. The normalized spacial score (nSPS) is 22.8. The Morgan fingerprint density at radius 3 is 2.45 bits per heavy atom. The van der Waals surface area contributed by atoms with Crippen LogP contribution >= 0.6 is 0 Å². The van der Waals surface area contributed by atoms with Crippen molar-refractivity contribution in [3.63, 3.8) is 0 Å². The summed E-state index contributed by atoms with van der Waals surface area (Å²) in [6.07, 6.45) is -3.83. The number of hydrogen-bond donors (Lipinski definition) is 2. The molecular formula is C13H15F3N2O2. The summed E-state index contributed by atoms with van der Waals surface area (Å²) < 4.78 is 42.6. The number of carbonyl (C=O) groups is 1. The highest BCUT2D eigenvalue weighted by molar-refractivity contribution is 5.94. The van der Waals surface area contributed by atoms with E-state index in [0.29, 0.717) is 25.1 Å². The molecule has 20 heavy (non-hydrogen) atoms. The fraction of sp³-hybridized carbons (Fsp3) is 0.462. The molecule has 1 aromatic rings. The zero-order chi connectivity index (χ0) is 14.8. The van der Waals surface area contributed by atoms with Gasteiger partial charge in [0, 0.05) is 12.2 Å². The van der Waals surface area contributed by atoms with Crippen LogP contribution in [0.2, 0.25) is 0 Å². The minimum Gasteiger partial charge on any atom is -0.364 e. The van der Waals surface area contributed by atoms with Gasteiger partial charge in [-0.05, 0) is 37.1 Å². The first-order valence-corrected chi connectivity index (χ1v) is 6.24. The van der Waals surface area contributed by atoms with Crippen molar-refractivity contribution < 1.29 is 22.7 Å². The van der Waals surface area contributed by atoms with Crippen molar-refractivity contribution >= 4 is 11.6 Å². The fourth-order valence-electron chi connectivity index (χ4n) is 2.04. The van der Waals surface area contributed by atoms with Crippen LogP contribution in [0, 0.1) is 0 Å². The molecule has 1 saturated heterocycles. The Kier molecular flexibility index (Phi) is 4.29. The van der Waals surface area contributed by atoms with Crippen molar-refractivity contribution in [1.29, 1.82) is 0 Å². The molecule has 0 radical (unpaired) electrons. The minimum atomic E-state index is -4.38. The predicted octanol–water partition coefficient (Wildman–Crippen LogP) is 2.15. The predicted molar refractivity (Wildman–Crippen MR) is 67.0 cm³/mol. The molecule has 3 N–H and O–H groups in total.